The van der Waals surface area contributed by atoms with Gasteiger partial charge in [-0.3, -0.25) is 14.9 Å². The van der Waals surface area contributed by atoms with Crippen LogP contribution in [0.2, 0.25) is 5.02 Å². The highest BCUT2D eigenvalue weighted by Gasteiger charge is 2.24. The van der Waals surface area contributed by atoms with Crippen LogP contribution in [0.3, 0.4) is 0 Å². The molecule has 0 fully saturated rings. The molecule has 164 valence electrons. The number of nitrogens with one attached hydrogen (secondary N) is 1. The highest BCUT2D eigenvalue weighted by Crippen LogP contribution is 2.28. The maximum atomic E-state index is 13.1. The minimum Gasteiger partial charge on any atom is -0.497 e. The topological polar surface area (TPSA) is 99.2 Å². The predicted octanol–water partition coefficient (Wildman–Crippen LogP) is 4.71. The number of hydrogen-bond acceptors (Lipinski definition) is 6. The molecular formula is C24H17ClN4O4. The van der Waals surface area contributed by atoms with Gasteiger partial charge in [0.15, 0.2) is 5.58 Å². The van der Waals surface area contributed by atoms with Crippen LogP contribution in [0, 0.1) is 0 Å². The Labute approximate surface area is 192 Å². The van der Waals surface area contributed by atoms with Gasteiger partial charge in [0.1, 0.15) is 5.75 Å². The first-order chi connectivity index (χ1) is 16.0. The Morgan fingerprint density at radius 2 is 1.97 bits per heavy atom. The molecule has 5 rings (SSSR count). The number of nitrogens with zero attached hydrogens (tertiary/aromatic N) is 3. The minimum absolute atomic E-state index is 0.0930. The van der Waals surface area contributed by atoms with Gasteiger partial charge < -0.3 is 13.7 Å². The van der Waals surface area contributed by atoms with E-state index >= 15 is 0 Å². The number of amides is 1. The lowest BCUT2D eigenvalue weighted by atomic mass is 10.1. The molecule has 0 aliphatic rings. The highest BCUT2D eigenvalue weighted by molar-refractivity contribution is 6.48. The zero-order valence-electron chi connectivity index (χ0n) is 17.4. The number of carbonyl (C=O) groups is 2. The Balaban J connectivity index is 1.49. The van der Waals surface area contributed by atoms with Gasteiger partial charge in [-0.2, -0.15) is 4.98 Å². The van der Waals surface area contributed by atoms with Crippen molar-refractivity contribution in [1.82, 2.24) is 14.5 Å². The number of rotatable bonds is 6. The molecule has 3 aromatic heterocycles. The van der Waals surface area contributed by atoms with Crippen LogP contribution in [-0.4, -0.2) is 33.3 Å². The fourth-order valence-corrected chi connectivity index (χ4v) is 3.73. The molecule has 3 heterocycles. The first-order valence-corrected chi connectivity index (χ1v) is 10.4. The van der Waals surface area contributed by atoms with E-state index in [9.17, 15) is 9.59 Å². The Morgan fingerprint density at radius 1 is 1.15 bits per heavy atom. The number of Topliss-reactive ketones (excluding diaryl/α,β-unsaturated/α-hetero) is 1. The van der Waals surface area contributed by atoms with Crippen LogP contribution in [-0.2, 0) is 11.3 Å². The molecule has 9 heteroatoms. The van der Waals surface area contributed by atoms with Crippen LogP contribution >= 0.6 is 11.6 Å². The molecule has 0 aliphatic heterocycles. The average Bonchev–Trinajstić information content (AvgIpc) is 3.40. The number of methoxy groups -OCH3 is 1. The van der Waals surface area contributed by atoms with Gasteiger partial charge in [0, 0.05) is 34.9 Å². The lowest BCUT2D eigenvalue weighted by Gasteiger charge is -2.06. The maximum absolute atomic E-state index is 13.1. The molecule has 1 N–H and O–H groups in total. The largest absolute Gasteiger partial charge is 0.497 e. The van der Waals surface area contributed by atoms with Gasteiger partial charge in [0.2, 0.25) is 5.65 Å². The SMILES string of the molecule is COc1ccc2c(c1)c(C(=O)C(=O)Nc1nc3ncccc3o1)cn2Cc1ccc(Cl)cc1. The van der Waals surface area contributed by atoms with Crippen molar-refractivity contribution in [3.8, 4) is 5.75 Å². The van der Waals surface area contributed by atoms with Crippen molar-refractivity contribution in [3.05, 3.63) is 83.1 Å². The summed E-state index contributed by atoms with van der Waals surface area (Å²) in [5.74, 6) is -1.01. The molecule has 1 amide bonds. The van der Waals surface area contributed by atoms with Crippen LogP contribution in [0.5, 0.6) is 5.75 Å². The molecule has 0 aliphatic carbocycles. The number of benzene rings is 2. The first-order valence-electron chi connectivity index (χ1n) is 10.0. The van der Waals surface area contributed by atoms with Crippen LogP contribution < -0.4 is 10.1 Å². The van der Waals surface area contributed by atoms with E-state index in [1.54, 1.807) is 55.9 Å². The molecule has 2 aromatic carbocycles. The van der Waals surface area contributed by atoms with E-state index in [0.717, 1.165) is 11.1 Å². The van der Waals surface area contributed by atoms with Crippen molar-refractivity contribution in [2.24, 2.45) is 0 Å². The molecule has 0 radical (unpaired) electrons. The Morgan fingerprint density at radius 3 is 2.73 bits per heavy atom. The van der Waals surface area contributed by atoms with Crippen molar-refractivity contribution < 1.29 is 18.7 Å². The van der Waals surface area contributed by atoms with Gasteiger partial charge in [-0.05, 0) is 48.0 Å². The summed E-state index contributed by atoms with van der Waals surface area (Å²) >= 11 is 5.99. The number of oxazole rings is 1. The Bertz CT molecular complexity index is 1470. The fraction of sp³-hybridized carbons (Fsp3) is 0.0833. The second-order valence-corrected chi connectivity index (χ2v) is 7.74. The summed E-state index contributed by atoms with van der Waals surface area (Å²) in [5.41, 5.74) is 2.77. The highest BCUT2D eigenvalue weighted by atomic mass is 35.5. The van der Waals surface area contributed by atoms with E-state index in [1.165, 1.54) is 0 Å². The fourth-order valence-electron chi connectivity index (χ4n) is 3.60. The summed E-state index contributed by atoms with van der Waals surface area (Å²) in [6, 6.07) is 16.1. The number of fused-ring (bicyclic) bond motifs is 2. The van der Waals surface area contributed by atoms with E-state index in [-0.39, 0.29) is 11.6 Å². The standard InChI is InChI=1S/C24H17ClN4O4/c1-32-16-8-9-19-17(11-16)18(13-29(19)12-14-4-6-15(25)7-5-14)21(30)23(31)28-24-27-22-20(33-24)3-2-10-26-22/h2-11,13H,12H2,1H3,(H,26,27,28,31). The van der Waals surface area contributed by atoms with Crippen LogP contribution in [0.4, 0.5) is 6.01 Å². The summed E-state index contributed by atoms with van der Waals surface area (Å²) in [4.78, 5) is 34.0. The number of carbonyl (C=O) groups excluding carboxylic acids is 2. The number of pyridine rings is 1. The average molecular weight is 461 g/mol. The molecule has 0 saturated carbocycles. The van der Waals surface area contributed by atoms with Crippen molar-refractivity contribution in [2.75, 3.05) is 12.4 Å². The molecular weight excluding hydrogens is 444 g/mol. The zero-order valence-corrected chi connectivity index (χ0v) is 18.2. The summed E-state index contributed by atoms with van der Waals surface area (Å²) in [7, 11) is 1.54. The normalized spacial score (nSPS) is 11.1. The van der Waals surface area contributed by atoms with Gasteiger partial charge in [0.05, 0.1) is 12.7 Å². The van der Waals surface area contributed by atoms with Crippen LogP contribution in [0.15, 0.2) is 71.4 Å². The van der Waals surface area contributed by atoms with Crippen LogP contribution in [0.1, 0.15) is 15.9 Å². The van der Waals surface area contributed by atoms with E-state index in [2.05, 4.69) is 15.3 Å². The van der Waals surface area contributed by atoms with Crippen molar-refractivity contribution in [3.63, 3.8) is 0 Å². The number of anilines is 1. The van der Waals surface area contributed by atoms with Gasteiger partial charge >= 0.3 is 6.01 Å². The molecule has 5 aromatic rings. The van der Waals surface area contributed by atoms with Gasteiger partial charge in [-0.15, -0.1) is 0 Å². The maximum Gasteiger partial charge on any atom is 0.304 e. The third-order valence-corrected chi connectivity index (χ3v) is 5.44. The lowest BCUT2D eigenvalue weighted by Crippen LogP contribution is -2.22. The molecule has 0 atom stereocenters. The van der Waals surface area contributed by atoms with E-state index in [0.29, 0.717) is 33.9 Å². The van der Waals surface area contributed by atoms with Gasteiger partial charge in [-0.1, -0.05) is 23.7 Å². The Kier molecular flexibility index (Phi) is 5.27. The van der Waals surface area contributed by atoms with E-state index in [1.807, 2.05) is 22.8 Å². The number of halogens is 1. The number of ketones is 1. The molecule has 0 bridgehead atoms. The third-order valence-electron chi connectivity index (χ3n) is 5.19. The van der Waals surface area contributed by atoms with E-state index in [4.69, 9.17) is 20.8 Å². The minimum atomic E-state index is -0.866. The van der Waals surface area contributed by atoms with Gasteiger partial charge in [-0.25, -0.2) is 4.98 Å². The summed E-state index contributed by atoms with van der Waals surface area (Å²) in [6.45, 7) is 0.492. The zero-order chi connectivity index (χ0) is 22.9. The first kappa shape index (κ1) is 20.7. The van der Waals surface area contributed by atoms with Crippen LogP contribution in [0.25, 0.3) is 22.1 Å². The summed E-state index contributed by atoms with van der Waals surface area (Å²) in [6.07, 6.45) is 3.22. The second-order valence-electron chi connectivity index (χ2n) is 7.31. The van der Waals surface area contributed by atoms with E-state index < -0.39 is 11.7 Å². The lowest BCUT2D eigenvalue weighted by molar-refractivity contribution is -0.112. The molecule has 0 spiro atoms. The molecule has 0 unspecified atom stereocenters. The number of hydrogen-bond donors (Lipinski definition) is 1. The molecule has 8 nitrogen and oxygen atoms in total. The number of aromatic nitrogens is 3. The van der Waals surface area contributed by atoms with Gasteiger partial charge in [0.25, 0.3) is 11.7 Å². The Hall–Kier alpha value is -4.17. The van der Waals surface area contributed by atoms with Crippen molar-refractivity contribution >= 4 is 51.4 Å². The summed E-state index contributed by atoms with van der Waals surface area (Å²) in [5, 5.41) is 3.67. The molecule has 33 heavy (non-hydrogen) atoms. The molecule has 0 saturated heterocycles. The second kappa shape index (κ2) is 8.40. The summed E-state index contributed by atoms with van der Waals surface area (Å²) < 4.78 is 12.7. The number of ether oxygens (including phenoxy) is 1. The van der Waals surface area contributed by atoms with Crippen molar-refractivity contribution in [1.29, 1.82) is 0 Å². The monoisotopic (exact) mass is 460 g/mol. The smallest absolute Gasteiger partial charge is 0.304 e. The van der Waals surface area contributed by atoms with Crippen molar-refractivity contribution in [2.45, 2.75) is 6.54 Å². The predicted molar refractivity (Wildman–Crippen MR) is 124 cm³/mol. The third kappa shape index (κ3) is 4.04. The quantitative estimate of drug-likeness (QED) is 0.291.